The molecule has 0 aliphatic carbocycles. The molecule has 3 aliphatic heterocycles. The Hall–Kier alpha value is -1.31. The molecule has 0 aromatic rings. The number of esters is 1. The highest BCUT2D eigenvalue weighted by Gasteiger charge is 2.51. The van der Waals surface area contributed by atoms with Gasteiger partial charge in [0.1, 0.15) is 5.60 Å². The molecule has 0 aromatic carbocycles. The van der Waals surface area contributed by atoms with Crippen molar-refractivity contribution < 1.29 is 24.2 Å². The van der Waals surface area contributed by atoms with E-state index >= 15 is 0 Å². The zero-order valence-corrected chi connectivity index (χ0v) is 17.5. The minimum atomic E-state index is -1.01. The van der Waals surface area contributed by atoms with Crippen molar-refractivity contribution in [2.24, 2.45) is 5.92 Å². The van der Waals surface area contributed by atoms with Crippen molar-refractivity contribution in [3.8, 4) is 0 Å². The second kappa shape index (κ2) is 9.46. The number of allylic oxidation sites excluding steroid dienone is 3. The van der Waals surface area contributed by atoms with Crippen molar-refractivity contribution >= 4 is 23.0 Å². The van der Waals surface area contributed by atoms with Gasteiger partial charge in [-0.1, -0.05) is 43.3 Å². The minimum Gasteiger partial charge on any atom is -0.453 e. The maximum atomic E-state index is 12.8. The summed E-state index contributed by atoms with van der Waals surface area (Å²) in [6.07, 6.45) is 9.62. The van der Waals surface area contributed by atoms with Gasteiger partial charge in [-0.3, -0.25) is 4.79 Å². The van der Waals surface area contributed by atoms with Gasteiger partial charge in [-0.25, -0.2) is 4.79 Å². The number of rotatable bonds is 2. The van der Waals surface area contributed by atoms with E-state index in [1.165, 1.54) is 11.8 Å². The van der Waals surface area contributed by atoms with E-state index in [-0.39, 0.29) is 23.8 Å². The molecule has 0 spiro atoms. The number of aliphatic hydroxyl groups excluding tert-OH is 1. The van der Waals surface area contributed by atoms with Gasteiger partial charge in [-0.2, -0.15) is 0 Å². The minimum absolute atomic E-state index is 0.115. The predicted molar refractivity (Wildman–Crippen MR) is 109 cm³/mol. The summed E-state index contributed by atoms with van der Waals surface area (Å²) in [4.78, 5) is 24.6. The Morgan fingerprint density at radius 3 is 2.86 bits per heavy atom. The summed E-state index contributed by atoms with van der Waals surface area (Å²) >= 11 is 1.19. The van der Waals surface area contributed by atoms with E-state index in [9.17, 15) is 14.7 Å². The van der Waals surface area contributed by atoms with E-state index < -0.39 is 17.9 Å². The Balaban J connectivity index is 1.90. The van der Waals surface area contributed by atoms with Gasteiger partial charge >= 0.3 is 5.97 Å². The SMILES string of the molecule is CCC1=CC(=O)O[C@]2([C@@H]3CSC(=O)N3)C[C@@H](CC[C@H](C)C=CCC1)O[C@@H](O)C2. The maximum Gasteiger partial charge on any atom is 0.331 e. The Kier molecular flexibility index (Phi) is 7.23. The average molecular weight is 410 g/mol. The molecule has 0 radical (unpaired) electrons. The molecule has 0 saturated carbocycles. The number of hydrogen-bond acceptors (Lipinski definition) is 6. The lowest BCUT2D eigenvalue weighted by molar-refractivity contribution is -0.233. The topological polar surface area (TPSA) is 84.9 Å². The Morgan fingerprint density at radius 2 is 2.14 bits per heavy atom. The summed E-state index contributed by atoms with van der Waals surface area (Å²) in [5.74, 6) is 0.540. The summed E-state index contributed by atoms with van der Waals surface area (Å²) < 4.78 is 11.8. The molecule has 1 amide bonds. The number of carbonyl (C=O) groups excluding carboxylic acids is 2. The molecule has 2 bridgehead atoms. The van der Waals surface area contributed by atoms with Crippen molar-refractivity contribution in [3.05, 3.63) is 23.8 Å². The van der Waals surface area contributed by atoms with Crippen LogP contribution < -0.4 is 5.32 Å². The molecule has 156 valence electrons. The first-order chi connectivity index (χ1) is 13.4. The first kappa shape index (κ1) is 21.4. The summed E-state index contributed by atoms with van der Waals surface area (Å²) in [5.41, 5.74) is 0.0976. The van der Waals surface area contributed by atoms with Crippen molar-refractivity contribution in [2.75, 3.05) is 5.75 Å². The van der Waals surface area contributed by atoms with Crippen molar-refractivity contribution in [3.63, 3.8) is 0 Å². The Morgan fingerprint density at radius 1 is 1.32 bits per heavy atom. The lowest BCUT2D eigenvalue weighted by atomic mass is 9.81. The monoisotopic (exact) mass is 409 g/mol. The van der Waals surface area contributed by atoms with E-state index in [2.05, 4.69) is 24.4 Å². The van der Waals surface area contributed by atoms with Gasteiger partial charge in [0.2, 0.25) is 0 Å². The lowest BCUT2D eigenvalue weighted by Gasteiger charge is -2.45. The number of hydrogen-bond donors (Lipinski definition) is 2. The van der Waals surface area contributed by atoms with Crippen LogP contribution in [0.15, 0.2) is 23.8 Å². The van der Waals surface area contributed by atoms with E-state index in [0.717, 1.165) is 37.7 Å². The molecule has 3 rings (SSSR count). The van der Waals surface area contributed by atoms with Gasteiger partial charge in [-0.05, 0) is 38.0 Å². The quantitative estimate of drug-likeness (QED) is 0.534. The molecular formula is C21H31NO5S. The van der Waals surface area contributed by atoms with Crippen molar-refractivity contribution in [2.45, 2.75) is 82.8 Å². The van der Waals surface area contributed by atoms with E-state index in [1.807, 2.05) is 6.92 Å². The van der Waals surface area contributed by atoms with Crippen LogP contribution in [0.2, 0.25) is 0 Å². The molecule has 7 heteroatoms. The Bertz CT molecular complexity index is 649. The molecule has 2 N–H and O–H groups in total. The fraction of sp³-hybridized carbons (Fsp3) is 0.714. The highest BCUT2D eigenvalue weighted by atomic mass is 32.2. The van der Waals surface area contributed by atoms with Gasteiger partial charge in [0.25, 0.3) is 5.24 Å². The summed E-state index contributed by atoms with van der Waals surface area (Å²) in [5, 5.41) is 13.2. The second-order valence-electron chi connectivity index (χ2n) is 8.08. The number of nitrogens with one attached hydrogen (secondary N) is 1. The number of thioether (sulfide) groups is 1. The van der Waals surface area contributed by atoms with Gasteiger partial charge in [0.15, 0.2) is 6.29 Å². The molecule has 6 nitrogen and oxygen atoms in total. The summed E-state index contributed by atoms with van der Waals surface area (Å²) in [6.45, 7) is 4.21. The Labute approximate surface area is 171 Å². The number of carbonyl (C=O) groups is 2. The number of aliphatic hydroxyl groups is 1. The van der Waals surface area contributed by atoms with Gasteiger partial charge in [0, 0.05) is 24.7 Å². The zero-order chi connectivity index (χ0) is 20.1. The number of ether oxygens (including phenoxy) is 2. The summed E-state index contributed by atoms with van der Waals surface area (Å²) in [6, 6.07) is -0.321. The zero-order valence-electron chi connectivity index (χ0n) is 16.7. The maximum absolute atomic E-state index is 12.8. The van der Waals surface area contributed by atoms with E-state index in [0.29, 0.717) is 18.1 Å². The third-order valence-corrected chi connectivity index (χ3v) is 6.75. The molecule has 3 aliphatic rings. The normalized spacial score (nSPS) is 37.6. The fourth-order valence-electron chi connectivity index (χ4n) is 4.25. The molecule has 28 heavy (non-hydrogen) atoms. The van der Waals surface area contributed by atoms with Crippen LogP contribution in [0.3, 0.4) is 0 Å². The smallest absolute Gasteiger partial charge is 0.331 e. The van der Waals surface area contributed by atoms with Crippen molar-refractivity contribution in [1.82, 2.24) is 5.32 Å². The molecule has 2 saturated heterocycles. The molecular weight excluding hydrogens is 378 g/mol. The standard InChI is InChI=1S/C21H31NO5S/c1-3-15-7-5-4-6-14(2)8-9-16-11-21(12-19(24)26-16,27-18(23)10-15)17-13-28-20(25)22-17/h4,6,10,14,16-17,19,24H,3,5,7-9,11-13H2,1-2H3,(H,22,25)/t14-,16-,17+,19-,21-/m1/s1. The van der Waals surface area contributed by atoms with Crippen LogP contribution >= 0.6 is 11.8 Å². The predicted octanol–water partition coefficient (Wildman–Crippen LogP) is 3.69. The fourth-order valence-corrected chi connectivity index (χ4v) is 5.18. The van der Waals surface area contributed by atoms with Crippen molar-refractivity contribution in [1.29, 1.82) is 0 Å². The van der Waals surface area contributed by atoms with Gasteiger partial charge in [-0.15, -0.1) is 0 Å². The lowest BCUT2D eigenvalue weighted by Crippen LogP contribution is -2.59. The van der Waals surface area contributed by atoms with Crippen LogP contribution in [-0.2, 0) is 14.3 Å². The average Bonchev–Trinajstić information content (AvgIpc) is 3.08. The first-order valence-corrected chi connectivity index (χ1v) is 11.2. The van der Waals surface area contributed by atoms with Crippen LogP contribution in [0.4, 0.5) is 4.79 Å². The van der Waals surface area contributed by atoms with E-state index in [1.54, 1.807) is 6.08 Å². The number of amides is 1. The highest BCUT2D eigenvalue weighted by Crippen LogP contribution is 2.40. The summed E-state index contributed by atoms with van der Waals surface area (Å²) in [7, 11) is 0. The third-order valence-electron chi connectivity index (χ3n) is 5.87. The number of fused-ring (bicyclic) bond motifs is 2. The van der Waals surface area contributed by atoms with Crippen LogP contribution in [-0.4, -0.2) is 46.1 Å². The van der Waals surface area contributed by atoms with Crippen LogP contribution in [0.1, 0.15) is 58.8 Å². The van der Waals surface area contributed by atoms with E-state index in [4.69, 9.17) is 9.47 Å². The second-order valence-corrected chi connectivity index (χ2v) is 9.07. The molecule has 5 atom stereocenters. The first-order valence-electron chi connectivity index (χ1n) is 10.3. The van der Waals surface area contributed by atoms with Gasteiger partial charge in [0.05, 0.1) is 12.1 Å². The largest absolute Gasteiger partial charge is 0.453 e. The molecule has 2 fully saturated rings. The van der Waals surface area contributed by atoms with Gasteiger partial charge < -0.3 is 19.9 Å². The third kappa shape index (κ3) is 5.39. The molecule has 0 unspecified atom stereocenters. The van der Waals surface area contributed by atoms with Crippen LogP contribution in [0, 0.1) is 5.92 Å². The van der Waals surface area contributed by atoms with Crippen LogP contribution in [0.25, 0.3) is 0 Å². The molecule has 0 aromatic heterocycles. The van der Waals surface area contributed by atoms with Crippen LogP contribution in [0.5, 0.6) is 0 Å². The molecule has 3 heterocycles. The highest BCUT2D eigenvalue weighted by molar-refractivity contribution is 8.14.